The number of para-hydroxylation sites is 1. The van der Waals surface area contributed by atoms with E-state index >= 15 is 0 Å². The van der Waals surface area contributed by atoms with E-state index in [1.54, 1.807) is 0 Å². The molecule has 1 nitrogen and oxygen atoms in total. The molecule has 2 heteroatoms. The Kier molecular flexibility index (Phi) is 3.98. The molecule has 17 heavy (non-hydrogen) atoms. The summed E-state index contributed by atoms with van der Waals surface area (Å²) < 4.78 is 0. The van der Waals surface area contributed by atoms with E-state index in [0.29, 0.717) is 0 Å². The zero-order valence-electron chi connectivity index (χ0n) is 9.21. The first-order chi connectivity index (χ1) is 8.40. The molecule has 2 rings (SSSR count). The van der Waals surface area contributed by atoms with Gasteiger partial charge in [0.15, 0.2) is 0 Å². The van der Waals surface area contributed by atoms with Crippen molar-refractivity contribution in [3.05, 3.63) is 65.7 Å². The zero-order valence-corrected chi connectivity index (χ0v) is 10.0. The van der Waals surface area contributed by atoms with E-state index in [1.165, 1.54) is 0 Å². The van der Waals surface area contributed by atoms with E-state index in [0.717, 1.165) is 16.8 Å². The van der Waals surface area contributed by atoms with Gasteiger partial charge in [0, 0.05) is 5.56 Å². The quantitative estimate of drug-likeness (QED) is 0.432. The third kappa shape index (κ3) is 3.22. The van der Waals surface area contributed by atoms with Crippen LogP contribution in [0.3, 0.4) is 0 Å². The van der Waals surface area contributed by atoms with Crippen LogP contribution in [0.15, 0.2) is 59.6 Å². The van der Waals surface area contributed by atoms with Gasteiger partial charge in [0.2, 0.25) is 0 Å². The van der Waals surface area contributed by atoms with Crippen LogP contribution < -0.4 is 0 Å². The maximum Gasteiger partial charge on any atom is 0.0811 e. The Labute approximate surface area is 106 Å². The van der Waals surface area contributed by atoms with Gasteiger partial charge >= 0.3 is 0 Å². The number of isothiocyanates is 1. The van der Waals surface area contributed by atoms with E-state index in [2.05, 4.69) is 40.6 Å². The summed E-state index contributed by atoms with van der Waals surface area (Å²) in [5.41, 5.74) is 3.04. The molecule has 2 aromatic carbocycles. The van der Waals surface area contributed by atoms with Crippen molar-refractivity contribution in [1.82, 2.24) is 0 Å². The largest absolute Gasteiger partial charge is 0.194 e. The normalized spacial score (nSPS) is 10.1. The fourth-order valence-electron chi connectivity index (χ4n) is 1.53. The fraction of sp³-hybridized carbons (Fsp3) is 0. The van der Waals surface area contributed by atoms with Crippen molar-refractivity contribution in [2.75, 3.05) is 0 Å². The number of hydrogen-bond acceptors (Lipinski definition) is 2. The zero-order chi connectivity index (χ0) is 11.9. The van der Waals surface area contributed by atoms with Crippen LogP contribution in [-0.2, 0) is 0 Å². The second kappa shape index (κ2) is 5.90. The van der Waals surface area contributed by atoms with E-state index in [-0.39, 0.29) is 0 Å². The molecule has 0 fully saturated rings. The molecule has 0 amide bonds. The minimum atomic E-state index is 0.842. The maximum atomic E-state index is 4.63. The van der Waals surface area contributed by atoms with Crippen LogP contribution in [0.2, 0.25) is 0 Å². The Morgan fingerprint density at radius 1 is 0.882 bits per heavy atom. The van der Waals surface area contributed by atoms with E-state index in [4.69, 9.17) is 0 Å². The molecule has 0 saturated heterocycles. The van der Waals surface area contributed by atoms with Crippen molar-refractivity contribution in [2.24, 2.45) is 4.99 Å². The highest BCUT2D eigenvalue weighted by atomic mass is 32.1. The lowest BCUT2D eigenvalue weighted by atomic mass is 10.1. The minimum Gasteiger partial charge on any atom is -0.194 e. The Morgan fingerprint density at radius 3 is 2.35 bits per heavy atom. The molecule has 0 aliphatic rings. The van der Waals surface area contributed by atoms with Crippen molar-refractivity contribution in [3.63, 3.8) is 0 Å². The molecule has 2 aromatic rings. The van der Waals surface area contributed by atoms with Gasteiger partial charge in [0.05, 0.1) is 10.8 Å². The maximum absolute atomic E-state index is 4.63. The third-order valence-electron chi connectivity index (χ3n) is 2.36. The first-order valence-corrected chi connectivity index (χ1v) is 5.71. The average molecular weight is 237 g/mol. The summed E-state index contributed by atoms with van der Waals surface area (Å²) in [6.45, 7) is 0. The summed E-state index contributed by atoms with van der Waals surface area (Å²) >= 11 is 4.63. The van der Waals surface area contributed by atoms with Crippen molar-refractivity contribution in [2.45, 2.75) is 0 Å². The van der Waals surface area contributed by atoms with Gasteiger partial charge < -0.3 is 0 Å². The van der Waals surface area contributed by atoms with Gasteiger partial charge in [-0.3, -0.25) is 0 Å². The summed E-state index contributed by atoms with van der Waals surface area (Å²) in [4.78, 5) is 4.03. The van der Waals surface area contributed by atoms with Crippen LogP contribution in [-0.4, -0.2) is 5.16 Å². The third-order valence-corrected chi connectivity index (χ3v) is 2.45. The molecular formula is C15H11NS. The molecule has 0 aliphatic heterocycles. The van der Waals surface area contributed by atoms with Crippen LogP contribution in [0, 0.1) is 0 Å². The molecule has 0 N–H and O–H groups in total. The molecule has 0 aliphatic carbocycles. The summed E-state index contributed by atoms with van der Waals surface area (Å²) in [5, 5.41) is 2.40. The van der Waals surface area contributed by atoms with Crippen molar-refractivity contribution in [1.29, 1.82) is 0 Å². The highest BCUT2D eigenvalue weighted by Crippen LogP contribution is 2.20. The Bertz CT molecular complexity index is 566. The Morgan fingerprint density at radius 2 is 1.59 bits per heavy atom. The van der Waals surface area contributed by atoms with Gasteiger partial charge in [-0.2, -0.15) is 4.99 Å². The summed E-state index contributed by atoms with van der Waals surface area (Å²) in [6.07, 6.45) is 4.08. The number of hydrogen-bond donors (Lipinski definition) is 0. The van der Waals surface area contributed by atoms with Gasteiger partial charge in [0.25, 0.3) is 0 Å². The topological polar surface area (TPSA) is 12.4 Å². The molecule has 0 bridgehead atoms. The first-order valence-electron chi connectivity index (χ1n) is 5.30. The molecule has 0 radical (unpaired) electrons. The van der Waals surface area contributed by atoms with Crippen LogP contribution in [0.5, 0.6) is 0 Å². The van der Waals surface area contributed by atoms with Gasteiger partial charge in [-0.1, -0.05) is 60.7 Å². The number of aliphatic imine (C=N–C) groups is 1. The van der Waals surface area contributed by atoms with Gasteiger partial charge in [-0.15, -0.1) is 0 Å². The van der Waals surface area contributed by atoms with Crippen LogP contribution in [0.4, 0.5) is 5.69 Å². The molecule has 82 valence electrons. The van der Waals surface area contributed by atoms with Gasteiger partial charge in [0.1, 0.15) is 0 Å². The van der Waals surface area contributed by atoms with Crippen molar-refractivity contribution < 1.29 is 0 Å². The van der Waals surface area contributed by atoms with Crippen LogP contribution in [0.25, 0.3) is 12.2 Å². The second-order valence-electron chi connectivity index (χ2n) is 3.51. The molecule has 0 aromatic heterocycles. The number of rotatable bonds is 3. The highest BCUT2D eigenvalue weighted by Gasteiger charge is 1.94. The summed E-state index contributed by atoms with van der Waals surface area (Å²) in [5.74, 6) is 0. The minimum absolute atomic E-state index is 0.842. The van der Waals surface area contributed by atoms with Gasteiger partial charge in [-0.05, 0) is 23.8 Å². The van der Waals surface area contributed by atoms with Crippen molar-refractivity contribution in [3.8, 4) is 0 Å². The fourth-order valence-corrected chi connectivity index (χ4v) is 1.63. The van der Waals surface area contributed by atoms with Crippen molar-refractivity contribution >= 4 is 35.2 Å². The Balaban J connectivity index is 2.30. The first kappa shape index (κ1) is 11.5. The molecule has 0 spiro atoms. The number of thiocarbonyl (C=S) groups is 1. The lowest BCUT2D eigenvalue weighted by Gasteiger charge is -1.98. The predicted molar refractivity (Wildman–Crippen MR) is 76.5 cm³/mol. The smallest absolute Gasteiger partial charge is 0.0811 e. The number of nitrogens with zero attached hydrogens (tertiary/aromatic N) is 1. The predicted octanol–water partition coefficient (Wildman–Crippen LogP) is 4.59. The molecular weight excluding hydrogens is 226 g/mol. The van der Waals surface area contributed by atoms with E-state index in [1.807, 2.05) is 48.5 Å². The molecule has 0 atom stereocenters. The van der Waals surface area contributed by atoms with Gasteiger partial charge in [-0.25, -0.2) is 0 Å². The average Bonchev–Trinajstić information content (AvgIpc) is 2.39. The molecule has 0 heterocycles. The van der Waals surface area contributed by atoms with E-state index in [9.17, 15) is 0 Å². The number of benzene rings is 2. The van der Waals surface area contributed by atoms with Crippen LogP contribution >= 0.6 is 12.2 Å². The highest BCUT2D eigenvalue weighted by molar-refractivity contribution is 7.78. The molecule has 0 saturated carbocycles. The lowest BCUT2D eigenvalue weighted by molar-refractivity contribution is 1.52. The monoisotopic (exact) mass is 237 g/mol. The Hall–Kier alpha value is -2.02. The van der Waals surface area contributed by atoms with E-state index < -0.39 is 0 Å². The lowest BCUT2D eigenvalue weighted by Crippen LogP contribution is -1.74. The standard InChI is InChI=1S/C15H11NS/c17-12-16-15-9-5-4-8-14(15)11-10-13-6-2-1-3-7-13/h1-11H. The SMILES string of the molecule is S=C=Nc1ccccc1C=Cc1ccccc1. The summed E-state index contributed by atoms with van der Waals surface area (Å²) in [7, 11) is 0. The second-order valence-corrected chi connectivity index (χ2v) is 3.69. The summed E-state index contributed by atoms with van der Waals surface area (Å²) in [6, 6.07) is 18.0. The molecule has 0 unspecified atom stereocenters. The van der Waals surface area contributed by atoms with Crippen LogP contribution in [0.1, 0.15) is 11.1 Å².